The molecule has 1 N–H and O–H groups in total. The molecular formula is C18H21BrFN3O2. The van der Waals surface area contributed by atoms with Gasteiger partial charge in [-0.1, -0.05) is 6.07 Å². The molecule has 0 radical (unpaired) electrons. The van der Waals surface area contributed by atoms with Crippen molar-refractivity contribution in [3.63, 3.8) is 0 Å². The number of amides is 3. The molecule has 5 nitrogen and oxygen atoms in total. The highest BCUT2D eigenvalue weighted by atomic mass is 79.9. The van der Waals surface area contributed by atoms with Gasteiger partial charge < -0.3 is 15.1 Å². The van der Waals surface area contributed by atoms with Crippen LogP contribution >= 0.6 is 15.9 Å². The molecule has 3 aliphatic rings. The van der Waals surface area contributed by atoms with Crippen LogP contribution in [0.1, 0.15) is 43.7 Å². The lowest BCUT2D eigenvalue weighted by atomic mass is 10.0. The molecule has 25 heavy (non-hydrogen) atoms. The summed E-state index contributed by atoms with van der Waals surface area (Å²) in [5.41, 5.74) is 0.797. The highest BCUT2D eigenvalue weighted by Gasteiger charge is 2.42. The van der Waals surface area contributed by atoms with E-state index in [1.54, 1.807) is 11.0 Å². The number of urea groups is 1. The average Bonchev–Trinajstić information content (AvgIpc) is 3.19. The summed E-state index contributed by atoms with van der Waals surface area (Å²) in [5.74, 6) is -0.280. The summed E-state index contributed by atoms with van der Waals surface area (Å²) in [7, 11) is 0. The van der Waals surface area contributed by atoms with Gasteiger partial charge in [-0.05, 0) is 65.7 Å². The molecule has 0 aromatic heterocycles. The highest BCUT2D eigenvalue weighted by molar-refractivity contribution is 9.10. The fourth-order valence-corrected chi connectivity index (χ4v) is 4.14. The Balaban J connectivity index is 1.44. The van der Waals surface area contributed by atoms with Gasteiger partial charge in [-0.25, -0.2) is 9.18 Å². The number of carbonyl (C=O) groups is 2. The second-order valence-corrected chi connectivity index (χ2v) is 7.93. The van der Waals surface area contributed by atoms with Crippen molar-refractivity contribution in [3.05, 3.63) is 34.1 Å². The van der Waals surface area contributed by atoms with Crippen LogP contribution in [0.3, 0.4) is 0 Å². The molecule has 4 rings (SSSR count). The molecule has 2 aliphatic heterocycles. The fourth-order valence-electron chi connectivity index (χ4n) is 3.89. The number of hydrogen-bond donors (Lipinski definition) is 1. The third kappa shape index (κ3) is 3.26. The lowest BCUT2D eigenvalue weighted by Crippen LogP contribution is -2.47. The van der Waals surface area contributed by atoms with Crippen molar-refractivity contribution in [2.45, 2.75) is 50.2 Å². The van der Waals surface area contributed by atoms with Crippen LogP contribution in [0, 0.1) is 5.82 Å². The first-order chi connectivity index (χ1) is 12.0. The largest absolute Gasteiger partial charge is 0.338 e. The van der Waals surface area contributed by atoms with Crippen LogP contribution < -0.4 is 5.32 Å². The number of rotatable bonds is 3. The standard InChI is InChI=1S/C18H21BrFN3O2/c19-13-6-3-11(10-14(13)20)16-2-1-8-23(16)18(25)21-15-7-9-22(17(15)24)12-4-5-12/h3,6,10,12,15-16H,1-2,4-5,7-9H2,(H,21,25). The fraction of sp³-hybridized carbons (Fsp3) is 0.556. The van der Waals surface area contributed by atoms with Gasteiger partial charge in [-0.2, -0.15) is 0 Å². The molecule has 3 amide bonds. The van der Waals surface area contributed by atoms with Crippen molar-refractivity contribution in [3.8, 4) is 0 Å². The summed E-state index contributed by atoms with van der Waals surface area (Å²) >= 11 is 3.16. The van der Waals surface area contributed by atoms with Crippen LogP contribution in [0.15, 0.2) is 22.7 Å². The van der Waals surface area contributed by atoms with Gasteiger partial charge in [0.2, 0.25) is 5.91 Å². The number of nitrogens with zero attached hydrogens (tertiary/aromatic N) is 2. The maximum Gasteiger partial charge on any atom is 0.318 e. The zero-order valence-corrected chi connectivity index (χ0v) is 15.5. The molecule has 2 atom stereocenters. The van der Waals surface area contributed by atoms with Crippen molar-refractivity contribution in [1.82, 2.24) is 15.1 Å². The molecule has 2 saturated heterocycles. The lowest BCUT2D eigenvalue weighted by Gasteiger charge is -2.27. The number of carbonyl (C=O) groups excluding carboxylic acids is 2. The first-order valence-electron chi connectivity index (χ1n) is 8.87. The van der Waals surface area contributed by atoms with E-state index in [0.29, 0.717) is 23.5 Å². The number of likely N-dealkylation sites (tertiary alicyclic amines) is 2. The minimum Gasteiger partial charge on any atom is -0.338 e. The molecule has 1 saturated carbocycles. The topological polar surface area (TPSA) is 52.7 Å². The Morgan fingerprint density at radius 3 is 2.72 bits per heavy atom. The van der Waals surface area contributed by atoms with E-state index in [1.165, 1.54) is 6.07 Å². The van der Waals surface area contributed by atoms with Crippen LogP contribution in [-0.4, -0.2) is 46.9 Å². The molecular weight excluding hydrogens is 389 g/mol. The lowest BCUT2D eigenvalue weighted by molar-refractivity contribution is -0.129. The summed E-state index contributed by atoms with van der Waals surface area (Å²) in [4.78, 5) is 28.8. The Morgan fingerprint density at radius 1 is 1.20 bits per heavy atom. The summed E-state index contributed by atoms with van der Waals surface area (Å²) in [6, 6.07) is 4.61. The van der Waals surface area contributed by atoms with Gasteiger partial charge in [0, 0.05) is 19.1 Å². The molecule has 1 aromatic carbocycles. The SMILES string of the molecule is O=C1C(NC(=O)N2CCCC2c2ccc(Br)c(F)c2)CCN1C1CC1. The van der Waals surface area contributed by atoms with Crippen molar-refractivity contribution >= 4 is 27.9 Å². The molecule has 0 bridgehead atoms. The van der Waals surface area contributed by atoms with Crippen LogP contribution in [-0.2, 0) is 4.79 Å². The minimum atomic E-state index is -0.420. The predicted octanol–water partition coefficient (Wildman–Crippen LogP) is 3.20. The second kappa shape index (κ2) is 6.59. The van der Waals surface area contributed by atoms with Gasteiger partial charge >= 0.3 is 6.03 Å². The van der Waals surface area contributed by atoms with E-state index in [2.05, 4.69) is 21.2 Å². The van der Waals surface area contributed by atoms with Gasteiger partial charge in [0.05, 0.1) is 10.5 Å². The zero-order chi connectivity index (χ0) is 17.6. The van der Waals surface area contributed by atoms with Crippen LogP contribution in [0.2, 0.25) is 0 Å². The third-order valence-corrected chi connectivity index (χ3v) is 6.01. The Bertz CT molecular complexity index is 710. The van der Waals surface area contributed by atoms with E-state index < -0.39 is 6.04 Å². The Hall–Kier alpha value is -1.63. The van der Waals surface area contributed by atoms with Gasteiger partial charge in [0.1, 0.15) is 11.9 Å². The first-order valence-corrected chi connectivity index (χ1v) is 9.66. The quantitative estimate of drug-likeness (QED) is 0.832. The predicted molar refractivity (Wildman–Crippen MR) is 94.5 cm³/mol. The molecule has 7 heteroatoms. The zero-order valence-electron chi connectivity index (χ0n) is 13.9. The van der Waals surface area contributed by atoms with E-state index in [4.69, 9.17) is 0 Å². The van der Waals surface area contributed by atoms with E-state index in [-0.39, 0.29) is 23.8 Å². The Kier molecular flexibility index (Phi) is 4.43. The number of benzene rings is 1. The average molecular weight is 410 g/mol. The molecule has 0 spiro atoms. The summed E-state index contributed by atoms with van der Waals surface area (Å²) in [6.07, 6.45) is 4.52. The maximum atomic E-state index is 13.8. The van der Waals surface area contributed by atoms with Crippen LogP contribution in [0.25, 0.3) is 0 Å². The highest BCUT2D eigenvalue weighted by Crippen LogP contribution is 2.34. The normalized spacial score (nSPS) is 26.4. The summed E-state index contributed by atoms with van der Waals surface area (Å²) in [6.45, 7) is 1.36. The van der Waals surface area contributed by atoms with Crippen molar-refractivity contribution in [1.29, 1.82) is 0 Å². The third-order valence-electron chi connectivity index (χ3n) is 5.37. The van der Waals surface area contributed by atoms with E-state index in [9.17, 15) is 14.0 Å². The smallest absolute Gasteiger partial charge is 0.318 e. The Labute approximate surface area is 154 Å². The van der Waals surface area contributed by atoms with Crippen molar-refractivity contribution in [2.24, 2.45) is 0 Å². The van der Waals surface area contributed by atoms with Gasteiger partial charge in [-0.3, -0.25) is 4.79 Å². The molecule has 1 aliphatic carbocycles. The molecule has 1 aromatic rings. The van der Waals surface area contributed by atoms with Gasteiger partial charge in [0.25, 0.3) is 0 Å². The first kappa shape index (κ1) is 16.8. The van der Waals surface area contributed by atoms with Crippen LogP contribution in [0.5, 0.6) is 0 Å². The van der Waals surface area contributed by atoms with E-state index >= 15 is 0 Å². The number of nitrogens with one attached hydrogen (secondary N) is 1. The Morgan fingerprint density at radius 2 is 2.00 bits per heavy atom. The van der Waals surface area contributed by atoms with Gasteiger partial charge in [0.15, 0.2) is 0 Å². The minimum absolute atomic E-state index is 0.0429. The summed E-state index contributed by atoms with van der Waals surface area (Å²) in [5, 5.41) is 2.90. The summed E-state index contributed by atoms with van der Waals surface area (Å²) < 4.78 is 14.3. The van der Waals surface area contributed by atoms with Gasteiger partial charge in [-0.15, -0.1) is 0 Å². The number of hydrogen-bond acceptors (Lipinski definition) is 2. The van der Waals surface area contributed by atoms with Crippen LogP contribution in [0.4, 0.5) is 9.18 Å². The van der Waals surface area contributed by atoms with Crippen molar-refractivity contribution < 1.29 is 14.0 Å². The maximum absolute atomic E-state index is 13.8. The van der Waals surface area contributed by atoms with E-state index in [1.807, 2.05) is 11.0 Å². The number of halogens is 2. The monoisotopic (exact) mass is 409 g/mol. The molecule has 2 heterocycles. The van der Waals surface area contributed by atoms with E-state index in [0.717, 1.165) is 37.8 Å². The molecule has 2 unspecified atom stereocenters. The molecule has 134 valence electrons. The molecule has 3 fully saturated rings. The second-order valence-electron chi connectivity index (χ2n) is 7.08. The van der Waals surface area contributed by atoms with Crippen molar-refractivity contribution in [2.75, 3.05) is 13.1 Å².